The molecular formula is C7H15N3O3. The maximum absolute atomic E-state index is 7.84. The zero-order chi connectivity index (χ0) is 9.78. The van der Waals surface area contributed by atoms with Gasteiger partial charge in [0, 0.05) is 11.5 Å². The summed E-state index contributed by atoms with van der Waals surface area (Å²) in [5.41, 5.74) is 7.84. The van der Waals surface area contributed by atoms with Crippen LogP contribution in [0.5, 0.6) is 0 Å². The van der Waals surface area contributed by atoms with Crippen LogP contribution in [-0.4, -0.2) is 33.0 Å². The number of ether oxygens (including phenoxy) is 2. The molecule has 0 saturated carbocycles. The second kappa shape index (κ2) is 11.0. The van der Waals surface area contributed by atoms with Crippen molar-refractivity contribution in [3.63, 3.8) is 0 Å². The average molecular weight is 189 g/mol. The average Bonchev–Trinajstić information content (AvgIpc) is 2.16. The summed E-state index contributed by atoms with van der Waals surface area (Å²) in [5, 5.41) is 2.89. The van der Waals surface area contributed by atoms with Crippen molar-refractivity contribution in [1.29, 1.82) is 0 Å². The number of azide groups is 1. The largest absolute Gasteiger partial charge is 0.431 e. The third-order valence-corrected chi connectivity index (χ3v) is 1.13. The summed E-state index contributed by atoms with van der Waals surface area (Å²) in [6, 6.07) is 0. The number of nitrogens with zero attached hydrogens (tertiary/aromatic N) is 3. The Bertz CT molecular complexity index is 148. The van der Waals surface area contributed by atoms with Crippen molar-refractivity contribution in [1.82, 2.24) is 0 Å². The Morgan fingerprint density at radius 3 is 2.31 bits per heavy atom. The first-order valence-electron chi connectivity index (χ1n) is 4.23. The van der Waals surface area contributed by atoms with E-state index in [0.29, 0.717) is 19.8 Å². The van der Waals surface area contributed by atoms with E-state index in [2.05, 4.69) is 22.0 Å². The van der Waals surface area contributed by atoms with E-state index in [1.165, 1.54) is 0 Å². The minimum Gasteiger partial charge on any atom is -0.431 e. The summed E-state index contributed by atoms with van der Waals surface area (Å²) in [6.07, 6.45) is 1.01. The fourth-order valence-electron chi connectivity index (χ4n) is 0.629. The molecule has 0 atom stereocenters. The van der Waals surface area contributed by atoms with Crippen molar-refractivity contribution < 1.29 is 14.3 Å². The van der Waals surface area contributed by atoms with Gasteiger partial charge in [-0.25, -0.2) is 0 Å². The van der Waals surface area contributed by atoms with Gasteiger partial charge in [0.1, 0.15) is 11.9 Å². The van der Waals surface area contributed by atoms with Gasteiger partial charge in [0.25, 0.3) is 0 Å². The summed E-state index contributed by atoms with van der Waals surface area (Å²) in [7, 11) is 0. The molecule has 0 bridgehead atoms. The lowest BCUT2D eigenvalue weighted by atomic mass is 10.5. The van der Waals surface area contributed by atoms with Gasteiger partial charge in [-0.15, -0.1) is 0 Å². The fourth-order valence-corrected chi connectivity index (χ4v) is 0.629. The molecule has 0 saturated heterocycles. The predicted molar refractivity (Wildman–Crippen MR) is 47.0 cm³/mol. The van der Waals surface area contributed by atoms with E-state index in [4.69, 9.17) is 15.0 Å². The van der Waals surface area contributed by atoms with Crippen LogP contribution >= 0.6 is 0 Å². The van der Waals surface area contributed by atoms with Gasteiger partial charge in [0.15, 0.2) is 0 Å². The van der Waals surface area contributed by atoms with Crippen molar-refractivity contribution >= 4 is 0 Å². The van der Waals surface area contributed by atoms with E-state index < -0.39 is 0 Å². The highest BCUT2D eigenvalue weighted by Crippen LogP contribution is 1.83. The van der Waals surface area contributed by atoms with Crippen LogP contribution in [0, 0.1) is 0 Å². The van der Waals surface area contributed by atoms with Gasteiger partial charge in [0.2, 0.25) is 0 Å². The highest BCUT2D eigenvalue weighted by molar-refractivity contribution is 4.33. The molecule has 0 rings (SSSR count). The Morgan fingerprint density at radius 2 is 1.69 bits per heavy atom. The summed E-state index contributed by atoms with van der Waals surface area (Å²) in [4.78, 5) is 6.87. The molecule has 0 spiro atoms. The highest BCUT2D eigenvalue weighted by atomic mass is 16.7. The van der Waals surface area contributed by atoms with E-state index in [0.717, 1.165) is 13.0 Å². The fraction of sp³-hybridized carbons (Fsp3) is 1.00. The molecule has 0 unspecified atom stereocenters. The Labute approximate surface area is 77.4 Å². The number of hydrogen-bond donors (Lipinski definition) is 0. The summed E-state index contributed by atoms with van der Waals surface area (Å²) in [5.74, 6) is 0. The monoisotopic (exact) mass is 189 g/mol. The van der Waals surface area contributed by atoms with E-state index in [1.54, 1.807) is 0 Å². The summed E-state index contributed by atoms with van der Waals surface area (Å²) >= 11 is 0. The van der Waals surface area contributed by atoms with Gasteiger partial charge < -0.3 is 14.3 Å². The van der Waals surface area contributed by atoms with Crippen LogP contribution in [0.1, 0.15) is 13.3 Å². The van der Waals surface area contributed by atoms with E-state index in [-0.39, 0.29) is 6.61 Å². The van der Waals surface area contributed by atoms with E-state index >= 15 is 0 Å². The van der Waals surface area contributed by atoms with Crippen molar-refractivity contribution in [2.45, 2.75) is 13.3 Å². The number of rotatable bonds is 9. The maximum atomic E-state index is 7.84. The lowest BCUT2D eigenvalue weighted by molar-refractivity contribution is 0.0147. The molecule has 0 aliphatic heterocycles. The molecular weight excluding hydrogens is 174 g/mol. The normalized spacial score (nSPS) is 9.31. The first-order chi connectivity index (χ1) is 6.41. The zero-order valence-corrected chi connectivity index (χ0v) is 7.81. The first-order valence-corrected chi connectivity index (χ1v) is 4.23. The Balaban J connectivity index is 2.87. The van der Waals surface area contributed by atoms with Crippen molar-refractivity contribution in [3.8, 4) is 0 Å². The van der Waals surface area contributed by atoms with Gasteiger partial charge in [-0.1, -0.05) is 6.92 Å². The molecule has 0 aliphatic carbocycles. The molecule has 0 aromatic heterocycles. The first kappa shape index (κ1) is 12.0. The van der Waals surface area contributed by atoms with Gasteiger partial charge in [-0.2, -0.15) is 0 Å². The second-order valence-corrected chi connectivity index (χ2v) is 2.23. The summed E-state index contributed by atoms with van der Waals surface area (Å²) in [6.45, 7) is 4.63. The van der Waals surface area contributed by atoms with Crippen LogP contribution < -0.4 is 0 Å². The van der Waals surface area contributed by atoms with Crippen LogP contribution in [0.3, 0.4) is 0 Å². The van der Waals surface area contributed by atoms with Gasteiger partial charge >= 0.3 is 0 Å². The zero-order valence-electron chi connectivity index (χ0n) is 7.81. The van der Waals surface area contributed by atoms with Gasteiger partial charge in [0.05, 0.1) is 19.8 Å². The molecule has 6 heteroatoms. The molecule has 0 aromatic carbocycles. The minimum atomic E-state index is 0.276. The lowest BCUT2D eigenvalue weighted by Gasteiger charge is -2.03. The molecule has 0 N–H and O–H groups in total. The van der Waals surface area contributed by atoms with E-state index in [1.807, 2.05) is 0 Å². The second-order valence-electron chi connectivity index (χ2n) is 2.23. The molecule has 6 nitrogen and oxygen atoms in total. The van der Waals surface area contributed by atoms with Crippen LogP contribution in [0.25, 0.3) is 10.4 Å². The molecule has 76 valence electrons. The minimum absolute atomic E-state index is 0.276. The lowest BCUT2D eigenvalue weighted by Crippen LogP contribution is -2.08. The maximum Gasteiger partial charge on any atom is 0.120 e. The van der Waals surface area contributed by atoms with Crippen molar-refractivity contribution in [2.24, 2.45) is 5.28 Å². The summed E-state index contributed by atoms with van der Waals surface area (Å²) < 4.78 is 10.3. The molecule has 0 aromatic rings. The third kappa shape index (κ3) is 11.0. The van der Waals surface area contributed by atoms with Gasteiger partial charge in [-0.05, 0) is 12.0 Å². The van der Waals surface area contributed by atoms with Crippen LogP contribution in [0.15, 0.2) is 5.28 Å². The molecule has 0 fully saturated rings. The SMILES string of the molecule is CCCOCCOCCON=[N+]=[N-]. The molecule has 0 aliphatic rings. The Morgan fingerprint density at radius 1 is 1.08 bits per heavy atom. The molecule has 0 amide bonds. The topological polar surface area (TPSA) is 76.5 Å². The Kier molecular flexibility index (Phi) is 10.2. The Hall–Kier alpha value is -0.970. The standard InChI is InChI=1S/C7H15N3O3/c1-2-3-11-4-5-12-6-7-13-10-9-8/h2-7H2,1H3. The molecule has 0 heterocycles. The van der Waals surface area contributed by atoms with Crippen molar-refractivity contribution in [3.05, 3.63) is 10.4 Å². The van der Waals surface area contributed by atoms with Crippen LogP contribution in [0.2, 0.25) is 0 Å². The number of hydrogen-bond acceptors (Lipinski definition) is 4. The smallest absolute Gasteiger partial charge is 0.120 e. The quantitative estimate of drug-likeness (QED) is 0.182. The van der Waals surface area contributed by atoms with Crippen LogP contribution in [0.4, 0.5) is 0 Å². The molecule has 13 heavy (non-hydrogen) atoms. The third-order valence-electron chi connectivity index (χ3n) is 1.13. The molecule has 0 radical (unpaired) electrons. The van der Waals surface area contributed by atoms with Crippen molar-refractivity contribution in [2.75, 3.05) is 33.0 Å². The predicted octanol–water partition coefficient (Wildman–Crippen LogP) is 1.67. The van der Waals surface area contributed by atoms with E-state index in [9.17, 15) is 0 Å². The van der Waals surface area contributed by atoms with Crippen LogP contribution in [-0.2, 0) is 14.3 Å². The van der Waals surface area contributed by atoms with Gasteiger partial charge in [-0.3, -0.25) is 0 Å². The highest BCUT2D eigenvalue weighted by Gasteiger charge is 1.88.